The molecule has 0 aliphatic rings. The van der Waals surface area contributed by atoms with E-state index in [0.29, 0.717) is 0 Å². The molecule has 0 amide bonds. The van der Waals surface area contributed by atoms with E-state index >= 15 is 0 Å². The predicted molar refractivity (Wildman–Crippen MR) is 50.4 cm³/mol. The number of halogens is 3. The van der Waals surface area contributed by atoms with Crippen molar-refractivity contribution in [1.29, 1.82) is 0 Å². The molecule has 0 saturated carbocycles. The van der Waals surface area contributed by atoms with Gasteiger partial charge in [0.2, 0.25) is 5.89 Å². The summed E-state index contributed by atoms with van der Waals surface area (Å²) in [5.74, 6) is -1.35. The molecule has 0 fully saturated rings. The van der Waals surface area contributed by atoms with Crippen LogP contribution in [0.1, 0.15) is 32.5 Å². The van der Waals surface area contributed by atoms with Gasteiger partial charge in [-0.1, -0.05) is 25.9 Å². The molecule has 2 N–H and O–H groups in total. The molecular weight excluding hydrogens is 223 g/mol. The smallest absolute Gasteiger partial charge is 0.339 e. The van der Waals surface area contributed by atoms with Crippen molar-refractivity contribution in [2.75, 3.05) is 0 Å². The summed E-state index contributed by atoms with van der Waals surface area (Å²) in [7, 11) is 0. The zero-order chi connectivity index (χ0) is 12.6. The van der Waals surface area contributed by atoms with Gasteiger partial charge in [0.15, 0.2) is 0 Å². The van der Waals surface area contributed by atoms with Crippen molar-refractivity contribution >= 4 is 0 Å². The normalized spacial score (nSPS) is 15.2. The van der Waals surface area contributed by atoms with E-state index in [1.807, 2.05) is 20.8 Å². The molecule has 0 radical (unpaired) electrons. The van der Waals surface area contributed by atoms with Crippen LogP contribution in [-0.2, 0) is 12.6 Å². The first-order valence-electron chi connectivity index (χ1n) is 4.76. The molecule has 0 aliphatic carbocycles. The lowest BCUT2D eigenvalue weighted by molar-refractivity contribution is -0.146. The highest BCUT2D eigenvalue weighted by atomic mass is 19.4. The van der Waals surface area contributed by atoms with Crippen LogP contribution >= 0.6 is 0 Å². The van der Waals surface area contributed by atoms with Crippen molar-refractivity contribution in [3.05, 3.63) is 11.7 Å². The van der Waals surface area contributed by atoms with Crippen LogP contribution in [0, 0.1) is 5.41 Å². The first kappa shape index (κ1) is 13.0. The van der Waals surface area contributed by atoms with Crippen molar-refractivity contribution in [1.82, 2.24) is 10.1 Å². The Balaban J connectivity index is 2.74. The van der Waals surface area contributed by atoms with Crippen LogP contribution in [0.3, 0.4) is 0 Å². The fourth-order valence-corrected chi connectivity index (χ4v) is 0.947. The molecule has 1 atom stereocenters. The first-order chi connectivity index (χ1) is 7.10. The molecule has 4 nitrogen and oxygen atoms in total. The Bertz CT molecular complexity index is 354. The molecule has 0 bridgehead atoms. The molecule has 1 aromatic heterocycles. The Morgan fingerprint density at radius 2 is 1.88 bits per heavy atom. The molecule has 0 spiro atoms. The Hall–Kier alpha value is -1.11. The number of rotatable bonds is 2. The highest BCUT2D eigenvalue weighted by Gasteiger charge is 2.37. The Morgan fingerprint density at radius 1 is 1.31 bits per heavy atom. The fraction of sp³-hybridized carbons (Fsp3) is 0.778. The summed E-state index contributed by atoms with van der Waals surface area (Å²) in [5, 5.41) is 2.86. The quantitative estimate of drug-likeness (QED) is 0.854. The number of nitrogens with zero attached hydrogens (tertiary/aromatic N) is 2. The second kappa shape index (κ2) is 4.04. The standard InChI is InChI=1S/C9H14F3N3O/c1-8(2,3)5(13)4-6-14-7(15-16-6)9(10,11)12/h5H,4,13H2,1-3H3. The summed E-state index contributed by atoms with van der Waals surface area (Å²) in [6.45, 7) is 5.66. The molecule has 1 heterocycles. The molecule has 0 aromatic carbocycles. The number of hydrogen-bond acceptors (Lipinski definition) is 4. The molecule has 1 unspecified atom stereocenters. The van der Waals surface area contributed by atoms with E-state index < -0.39 is 12.0 Å². The maximum Gasteiger partial charge on any atom is 0.455 e. The van der Waals surface area contributed by atoms with Gasteiger partial charge in [0.1, 0.15) is 0 Å². The minimum atomic E-state index is -4.58. The largest absolute Gasteiger partial charge is 0.455 e. The Morgan fingerprint density at radius 3 is 2.25 bits per heavy atom. The number of alkyl halides is 3. The third-order valence-corrected chi connectivity index (χ3v) is 2.23. The average Bonchev–Trinajstić information content (AvgIpc) is 2.49. The van der Waals surface area contributed by atoms with Crippen molar-refractivity contribution in [3.8, 4) is 0 Å². The minimum Gasteiger partial charge on any atom is -0.339 e. The van der Waals surface area contributed by atoms with Crippen molar-refractivity contribution in [3.63, 3.8) is 0 Å². The van der Waals surface area contributed by atoms with E-state index in [-0.39, 0.29) is 23.8 Å². The highest BCUT2D eigenvalue weighted by Crippen LogP contribution is 2.27. The maximum atomic E-state index is 12.2. The third kappa shape index (κ3) is 3.19. The number of nitrogens with two attached hydrogens (primary N) is 1. The highest BCUT2D eigenvalue weighted by molar-refractivity contribution is 4.94. The minimum absolute atomic E-state index is 0.0882. The van der Waals surface area contributed by atoms with Crippen LogP contribution in [0.25, 0.3) is 0 Å². The average molecular weight is 237 g/mol. The molecule has 92 valence electrons. The van der Waals surface area contributed by atoms with Crippen LogP contribution in [0.15, 0.2) is 4.52 Å². The third-order valence-electron chi connectivity index (χ3n) is 2.23. The summed E-state index contributed by atoms with van der Waals surface area (Å²) >= 11 is 0. The van der Waals surface area contributed by atoms with Gasteiger partial charge >= 0.3 is 6.18 Å². The molecule has 0 aliphatic heterocycles. The van der Waals surface area contributed by atoms with Crippen LogP contribution in [-0.4, -0.2) is 16.2 Å². The van der Waals surface area contributed by atoms with Gasteiger partial charge in [-0.25, -0.2) is 0 Å². The van der Waals surface area contributed by atoms with Gasteiger partial charge < -0.3 is 10.3 Å². The Labute approximate surface area is 91.0 Å². The van der Waals surface area contributed by atoms with Crippen LogP contribution in [0.2, 0.25) is 0 Å². The monoisotopic (exact) mass is 237 g/mol. The molecule has 1 rings (SSSR count). The zero-order valence-electron chi connectivity index (χ0n) is 9.30. The summed E-state index contributed by atoms with van der Waals surface area (Å²) < 4.78 is 41.0. The van der Waals surface area contributed by atoms with Crippen LogP contribution in [0.5, 0.6) is 0 Å². The zero-order valence-corrected chi connectivity index (χ0v) is 9.30. The lowest BCUT2D eigenvalue weighted by atomic mass is 9.85. The SMILES string of the molecule is CC(C)(C)C(N)Cc1nc(C(F)(F)F)no1. The van der Waals surface area contributed by atoms with Gasteiger partial charge in [-0.2, -0.15) is 18.2 Å². The van der Waals surface area contributed by atoms with E-state index in [2.05, 4.69) is 14.7 Å². The van der Waals surface area contributed by atoms with Gasteiger partial charge in [0.05, 0.1) is 0 Å². The van der Waals surface area contributed by atoms with Gasteiger partial charge in [0.25, 0.3) is 5.82 Å². The maximum absolute atomic E-state index is 12.2. The van der Waals surface area contributed by atoms with Gasteiger partial charge in [-0.05, 0) is 5.41 Å². The van der Waals surface area contributed by atoms with E-state index in [1.165, 1.54) is 0 Å². The molecule has 0 saturated heterocycles. The van der Waals surface area contributed by atoms with Crippen LogP contribution in [0.4, 0.5) is 13.2 Å². The van der Waals surface area contributed by atoms with E-state index in [0.717, 1.165) is 0 Å². The van der Waals surface area contributed by atoms with Crippen molar-refractivity contribution in [2.24, 2.45) is 11.1 Å². The lowest BCUT2D eigenvalue weighted by Crippen LogP contribution is -2.37. The summed E-state index contributed by atoms with van der Waals surface area (Å²) in [6.07, 6.45) is -4.44. The molecule has 16 heavy (non-hydrogen) atoms. The second-order valence-corrected chi connectivity index (χ2v) is 4.69. The topological polar surface area (TPSA) is 64.9 Å². The van der Waals surface area contributed by atoms with Crippen LogP contribution < -0.4 is 5.73 Å². The number of hydrogen-bond donors (Lipinski definition) is 1. The summed E-state index contributed by atoms with van der Waals surface area (Å²) in [6, 6.07) is -0.339. The van der Waals surface area contributed by atoms with E-state index in [9.17, 15) is 13.2 Å². The predicted octanol–water partition coefficient (Wildman–Crippen LogP) is 2.00. The second-order valence-electron chi connectivity index (χ2n) is 4.69. The van der Waals surface area contributed by atoms with Crippen molar-refractivity contribution in [2.45, 2.75) is 39.4 Å². The summed E-state index contributed by atoms with van der Waals surface area (Å²) in [5.41, 5.74) is 5.56. The van der Waals surface area contributed by atoms with Gasteiger partial charge in [-0.3, -0.25) is 0 Å². The molecule has 1 aromatic rings. The fourth-order valence-electron chi connectivity index (χ4n) is 0.947. The van der Waals surface area contributed by atoms with Crippen molar-refractivity contribution < 1.29 is 17.7 Å². The van der Waals surface area contributed by atoms with E-state index in [4.69, 9.17) is 5.73 Å². The van der Waals surface area contributed by atoms with E-state index in [1.54, 1.807) is 0 Å². The number of aromatic nitrogens is 2. The Kier molecular flexibility index (Phi) is 3.27. The molecule has 7 heteroatoms. The first-order valence-corrected chi connectivity index (χ1v) is 4.76. The summed E-state index contributed by atoms with van der Waals surface area (Å²) in [4.78, 5) is 3.25. The van der Waals surface area contributed by atoms with Gasteiger partial charge in [0, 0.05) is 12.5 Å². The molecular formula is C9H14F3N3O. The van der Waals surface area contributed by atoms with Gasteiger partial charge in [-0.15, -0.1) is 0 Å². The lowest BCUT2D eigenvalue weighted by Gasteiger charge is -2.25.